The van der Waals surface area contributed by atoms with Gasteiger partial charge in [0.05, 0.1) is 19.8 Å². The number of hydrogen-bond donors (Lipinski definition) is 1. The fourth-order valence-electron chi connectivity index (χ4n) is 2.22. The summed E-state index contributed by atoms with van der Waals surface area (Å²) in [6.45, 7) is 2.66. The molecule has 1 atom stereocenters. The minimum atomic E-state index is 0.330. The summed E-state index contributed by atoms with van der Waals surface area (Å²) < 4.78 is 12.2. The molecule has 1 saturated heterocycles. The summed E-state index contributed by atoms with van der Waals surface area (Å²) in [6.07, 6.45) is 1.09. The van der Waals surface area contributed by atoms with Crippen LogP contribution in [0.15, 0.2) is 24.3 Å². The van der Waals surface area contributed by atoms with Gasteiger partial charge < -0.3 is 14.8 Å². The van der Waals surface area contributed by atoms with Crippen LogP contribution >= 0.6 is 11.3 Å². The van der Waals surface area contributed by atoms with Crippen molar-refractivity contribution >= 4 is 21.4 Å². The number of benzene rings is 1. The summed E-state index contributed by atoms with van der Waals surface area (Å²) in [5.74, 6) is 0.918. The van der Waals surface area contributed by atoms with Gasteiger partial charge >= 0.3 is 0 Å². The van der Waals surface area contributed by atoms with E-state index in [0.717, 1.165) is 31.9 Å². The Balaban J connectivity index is 1.91. The van der Waals surface area contributed by atoms with Gasteiger partial charge in [0.1, 0.15) is 5.75 Å². The summed E-state index contributed by atoms with van der Waals surface area (Å²) in [5.41, 5.74) is 0. The van der Waals surface area contributed by atoms with Gasteiger partial charge in [-0.3, -0.25) is 0 Å². The van der Waals surface area contributed by atoms with E-state index in [2.05, 4.69) is 23.5 Å². The molecule has 2 heterocycles. The summed E-state index contributed by atoms with van der Waals surface area (Å²) in [6, 6.07) is 8.81. The maximum atomic E-state index is 5.62. The number of hydrogen-bond acceptors (Lipinski definition) is 4. The zero-order chi connectivity index (χ0) is 12.4. The molecule has 1 N–H and O–H groups in total. The average Bonchev–Trinajstić information content (AvgIpc) is 2.63. The Morgan fingerprint density at radius 3 is 3.22 bits per heavy atom. The van der Waals surface area contributed by atoms with E-state index in [1.165, 1.54) is 15.0 Å². The number of fused-ring (bicyclic) bond motifs is 1. The SMILES string of the molecule is COc1ccc2cc(C3COCCCN3)sc2c1. The van der Waals surface area contributed by atoms with E-state index in [1.807, 2.05) is 17.4 Å². The van der Waals surface area contributed by atoms with Gasteiger partial charge in [0, 0.05) is 16.2 Å². The van der Waals surface area contributed by atoms with Gasteiger partial charge in [0.25, 0.3) is 0 Å². The number of rotatable bonds is 2. The van der Waals surface area contributed by atoms with E-state index in [1.54, 1.807) is 7.11 Å². The molecule has 1 fully saturated rings. The van der Waals surface area contributed by atoms with Crippen molar-refractivity contribution in [2.24, 2.45) is 0 Å². The first-order valence-corrected chi connectivity index (χ1v) is 7.07. The lowest BCUT2D eigenvalue weighted by atomic mass is 10.2. The second-order valence-electron chi connectivity index (χ2n) is 4.49. The van der Waals surface area contributed by atoms with Gasteiger partial charge in [0.2, 0.25) is 0 Å². The Labute approximate surface area is 111 Å². The second-order valence-corrected chi connectivity index (χ2v) is 5.60. The van der Waals surface area contributed by atoms with Gasteiger partial charge in [-0.15, -0.1) is 11.3 Å². The fourth-order valence-corrected chi connectivity index (χ4v) is 3.38. The summed E-state index contributed by atoms with van der Waals surface area (Å²) >= 11 is 1.82. The quantitative estimate of drug-likeness (QED) is 0.903. The number of nitrogens with one attached hydrogen (secondary N) is 1. The molecule has 1 aromatic heterocycles. The largest absolute Gasteiger partial charge is 0.497 e. The summed E-state index contributed by atoms with van der Waals surface area (Å²) in [4.78, 5) is 1.35. The van der Waals surface area contributed by atoms with Crippen molar-refractivity contribution in [2.45, 2.75) is 12.5 Å². The van der Waals surface area contributed by atoms with Crippen molar-refractivity contribution in [3.05, 3.63) is 29.1 Å². The highest BCUT2D eigenvalue weighted by molar-refractivity contribution is 7.19. The molecule has 1 aromatic carbocycles. The molecule has 3 rings (SSSR count). The highest BCUT2D eigenvalue weighted by Gasteiger charge is 2.16. The van der Waals surface area contributed by atoms with Crippen LogP contribution in [-0.4, -0.2) is 26.9 Å². The molecule has 0 saturated carbocycles. The first-order valence-electron chi connectivity index (χ1n) is 6.25. The van der Waals surface area contributed by atoms with Gasteiger partial charge in [0.15, 0.2) is 0 Å². The lowest BCUT2D eigenvalue weighted by molar-refractivity contribution is 0.132. The molecule has 0 spiro atoms. The predicted octanol–water partition coefficient (Wildman–Crippen LogP) is 2.96. The zero-order valence-electron chi connectivity index (χ0n) is 10.4. The minimum Gasteiger partial charge on any atom is -0.497 e. The number of ether oxygens (including phenoxy) is 2. The molecule has 0 bridgehead atoms. The molecule has 18 heavy (non-hydrogen) atoms. The van der Waals surface area contributed by atoms with E-state index in [9.17, 15) is 0 Å². The van der Waals surface area contributed by atoms with Crippen LogP contribution in [0.25, 0.3) is 10.1 Å². The van der Waals surface area contributed by atoms with Gasteiger partial charge in [-0.2, -0.15) is 0 Å². The van der Waals surface area contributed by atoms with Crippen molar-refractivity contribution < 1.29 is 9.47 Å². The van der Waals surface area contributed by atoms with Crippen molar-refractivity contribution in [1.29, 1.82) is 0 Å². The van der Waals surface area contributed by atoms with Crippen LogP contribution in [0.2, 0.25) is 0 Å². The fraction of sp³-hybridized carbons (Fsp3) is 0.429. The van der Waals surface area contributed by atoms with Crippen molar-refractivity contribution in [2.75, 3.05) is 26.9 Å². The van der Waals surface area contributed by atoms with Gasteiger partial charge in [-0.25, -0.2) is 0 Å². The predicted molar refractivity (Wildman–Crippen MR) is 74.6 cm³/mol. The molecule has 0 amide bonds. The van der Waals surface area contributed by atoms with E-state index in [0.29, 0.717) is 6.04 Å². The molecular formula is C14H17NO2S. The molecule has 1 unspecified atom stereocenters. The molecule has 1 aliphatic rings. The van der Waals surface area contributed by atoms with Crippen LogP contribution in [0.4, 0.5) is 0 Å². The third-order valence-electron chi connectivity index (χ3n) is 3.23. The third kappa shape index (κ3) is 2.36. The lowest BCUT2D eigenvalue weighted by Gasteiger charge is -2.12. The first-order chi connectivity index (χ1) is 8.86. The van der Waals surface area contributed by atoms with Crippen LogP contribution in [0.1, 0.15) is 17.3 Å². The Morgan fingerprint density at radius 2 is 2.33 bits per heavy atom. The van der Waals surface area contributed by atoms with Gasteiger partial charge in [-0.1, -0.05) is 0 Å². The first kappa shape index (κ1) is 12.0. The lowest BCUT2D eigenvalue weighted by Crippen LogP contribution is -2.22. The molecule has 96 valence electrons. The normalized spacial score (nSPS) is 20.8. The van der Waals surface area contributed by atoms with E-state index < -0.39 is 0 Å². The molecule has 0 aliphatic carbocycles. The van der Waals surface area contributed by atoms with Crippen LogP contribution in [0.5, 0.6) is 5.75 Å². The average molecular weight is 263 g/mol. The van der Waals surface area contributed by atoms with Gasteiger partial charge in [-0.05, 0) is 42.6 Å². The molecule has 4 heteroatoms. The van der Waals surface area contributed by atoms with Crippen LogP contribution in [-0.2, 0) is 4.74 Å². The maximum Gasteiger partial charge on any atom is 0.120 e. The van der Waals surface area contributed by atoms with Crippen LogP contribution in [0, 0.1) is 0 Å². The second kappa shape index (κ2) is 5.26. The smallest absolute Gasteiger partial charge is 0.120 e. The third-order valence-corrected chi connectivity index (χ3v) is 4.44. The van der Waals surface area contributed by atoms with Crippen LogP contribution < -0.4 is 10.1 Å². The summed E-state index contributed by atoms with van der Waals surface area (Å²) in [7, 11) is 1.70. The standard InChI is InChI=1S/C14H17NO2S/c1-16-11-4-3-10-7-14(18-13(10)8-11)12-9-17-6-2-5-15-12/h3-4,7-8,12,15H,2,5-6,9H2,1H3. The molecule has 2 aromatic rings. The molecule has 0 radical (unpaired) electrons. The van der Waals surface area contributed by atoms with E-state index >= 15 is 0 Å². The maximum absolute atomic E-state index is 5.62. The Morgan fingerprint density at radius 1 is 1.39 bits per heavy atom. The van der Waals surface area contributed by atoms with Crippen molar-refractivity contribution in [1.82, 2.24) is 5.32 Å². The van der Waals surface area contributed by atoms with E-state index in [4.69, 9.17) is 9.47 Å². The van der Waals surface area contributed by atoms with E-state index in [-0.39, 0.29) is 0 Å². The zero-order valence-corrected chi connectivity index (χ0v) is 11.3. The molecular weight excluding hydrogens is 246 g/mol. The Hall–Kier alpha value is -1.10. The monoisotopic (exact) mass is 263 g/mol. The molecule has 1 aliphatic heterocycles. The Kier molecular flexibility index (Phi) is 3.50. The summed E-state index contributed by atoms with van der Waals surface area (Å²) in [5, 5.41) is 4.82. The highest BCUT2D eigenvalue weighted by Crippen LogP contribution is 2.32. The Bertz CT molecular complexity index is 530. The minimum absolute atomic E-state index is 0.330. The number of methoxy groups -OCH3 is 1. The van der Waals surface area contributed by atoms with Crippen molar-refractivity contribution in [3.8, 4) is 5.75 Å². The van der Waals surface area contributed by atoms with Crippen molar-refractivity contribution in [3.63, 3.8) is 0 Å². The topological polar surface area (TPSA) is 30.5 Å². The number of thiophene rings is 1. The van der Waals surface area contributed by atoms with Crippen LogP contribution in [0.3, 0.4) is 0 Å². The molecule has 3 nitrogen and oxygen atoms in total. The highest BCUT2D eigenvalue weighted by atomic mass is 32.1.